The highest BCUT2D eigenvalue weighted by Gasteiger charge is 2.31. The van der Waals surface area contributed by atoms with Gasteiger partial charge in [-0.2, -0.15) is 4.98 Å². The fourth-order valence-electron chi connectivity index (χ4n) is 2.69. The highest BCUT2D eigenvalue weighted by molar-refractivity contribution is 7.99. The molecule has 1 saturated carbocycles. The molecule has 8 heteroatoms. The molecule has 0 spiro atoms. The molecule has 0 radical (unpaired) electrons. The summed E-state index contributed by atoms with van der Waals surface area (Å²) in [6, 6.07) is 4.76. The molecule has 1 fully saturated rings. The van der Waals surface area contributed by atoms with Crippen LogP contribution in [0.2, 0.25) is 0 Å². The molecule has 0 bridgehead atoms. The van der Waals surface area contributed by atoms with E-state index in [-0.39, 0.29) is 10.7 Å². The van der Waals surface area contributed by atoms with Gasteiger partial charge in [-0.25, -0.2) is 0 Å². The van der Waals surface area contributed by atoms with E-state index < -0.39 is 0 Å². The van der Waals surface area contributed by atoms with Crippen LogP contribution in [0.1, 0.15) is 74.2 Å². The maximum absolute atomic E-state index is 5.50. The van der Waals surface area contributed by atoms with Crippen LogP contribution in [0.5, 0.6) is 0 Å². The third kappa shape index (κ3) is 3.71. The van der Waals surface area contributed by atoms with Crippen molar-refractivity contribution in [2.45, 2.75) is 68.8 Å². The summed E-state index contributed by atoms with van der Waals surface area (Å²) >= 11 is 3.41. The van der Waals surface area contributed by atoms with E-state index in [4.69, 9.17) is 4.52 Å². The minimum absolute atomic E-state index is 0.0369. The van der Waals surface area contributed by atoms with E-state index in [0.717, 1.165) is 23.2 Å². The van der Waals surface area contributed by atoms with Crippen LogP contribution in [-0.4, -0.2) is 24.9 Å². The molecule has 0 aliphatic heterocycles. The van der Waals surface area contributed by atoms with Crippen LogP contribution in [0, 0.1) is 0 Å². The number of hydrogen-bond donors (Lipinski definition) is 0. The van der Waals surface area contributed by atoms with Crippen LogP contribution in [0.25, 0.3) is 0 Å². The number of hydrogen-bond acceptors (Lipinski definition) is 7. The van der Waals surface area contributed by atoms with Gasteiger partial charge >= 0.3 is 0 Å². The zero-order valence-corrected chi connectivity index (χ0v) is 17.1. The Morgan fingerprint density at radius 3 is 2.77 bits per heavy atom. The SMILES string of the molecule is CC(Sc1nnc(Cc2cccs2)n1C1CC1)c1nc(C(C)(C)C)no1. The van der Waals surface area contributed by atoms with Gasteiger partial charge in [-0.1, -0.05) is 43.8 Å². The molecule has 1 aliphatic carbocycles. The van der Waals surface area contributed by atoms with E-state index in [0.29, 0.717) is 11.9 Å². The summed E-state index contributed by atoms with van der Waals surface area (Å²) in [6.07, 6.45) is 3.24. The lowest BCUT2D eigenvalue weighted by molar-refractivity contribution is 0.364. The van der Waals surface area contributed by atoms with Crippen molar-refractivity contribution < 1.29 is 4.52 Å². The Kier molecular flexibility index (Phi) is 4.64. The number of aromatic nitrogens is 5. The Hall–Kier alpha value is -1.67. The molecular weight excluding hydrogens is 366 g/mol. The largest absolute Gasteiger partial charge is 0.338 e. The molecule has 0 amide bonds. The van der Waals surface area contributed by atoms with Gasteiger partial charge in [-0.3, -0.25) is 0 Å². The van der Waals surface area contributed by atoms with Gasteiger partial charge in [-0.05, 0) is 31.2 Å². The van der Waals surface area contributed by atoms with Crippen LogP contribution in [-0.2, 0) is 11.8 Å². The van der Waals surface area contributed by atoms with E-state index in [9.17, 15) is 0 Å². The van der Waals surface area contributed by atoms with Gasteiger partial charge in [0.1, 0.15) is 5.82 Å². The van der Waals surface area contributed by atoms with E-state index in [1.807, 2.05) is 0 Å². The fraction of sp³-hybridized carbons (Fsp3) is 0.556. The lowest BCUT2D eigenvalue weighted by atomic mass is 9.96. The molecule has 0 N–H and O–H groups in total. The molecule has 3 aromatic heterocycles. The van der Waals surface area contributed by atoms with Crippen LogP contribution >= 0.6 is 23.1 Å². The highest BCUT2D eigenvalue weighted by atomic mass is 32.2. The molecule has 6 nitrogen and oxygen atoms in total. The predicted octanol–water partition coefficient (Wildman–Crippen LogP) is 4.80. The average molecular weight is 390 g/mol. The Morgan fingerprint density at radius 2 is 2.15 bits per heavy atom. The second-order valence-corrected chi connectivity index (χ2v) is 10.1. The van der Waals surface area contributed by atoms with Crippen molar-refractivity contribution in [1.29, 1.82) is 0 Å². The van der Waals surface area contributed by atoms with Gasteiger partial charge in [0.05, 0.1) is 5.25 Å². The Labute approximate surface area is 161 Å². The van der Waals surface area contributed by atoms with Crippen LogP contribution in [0.15, 0.2) is 27.2 Å². The first kappa shape index (κ1) is 17.7. The maximum atomic E-state index is 5.50. The zero-order valence-electron chi connectivity index (χ0n) is 15.5. The Bertz CT molecular complexity index is 874. The van der Waals surface area contributed by atoms with Gasteiger partial charge in [0.2, 0.25) is 5.89 Å². The summed E-state index contributed by atoms with van der Waals surface area (Å²) < 4.78 is 7.80. The van der Waals surface area contributed by atoms with E-state index in [2.05, 4.69) is 70.1 Å². The molecule has 1 unspecified atom stereocenters. The molecule has 0 saturated heterocycles. The van der Waals surface area contributed by atoms with Crippen molar-refractivity contribution in [3.05, 3.63) is 39.9 Å². The minimum atomic E-state index is -0.117. The summed E-state index contributed by atoms with van der Waals surface area (Å²) in [5.74, 6) is 2.43. The smallest absolute Gasteiger partial charge is 0.239 e. The molecule has 1 aliphatic rings. The van der Waals surface area contributed by atoms with Gasteiger partial charge in [-0.15, -0.1) is 21.5 Å². The highest BCUT2D eigenvalue weighted by Crippen LogP contribution is 2.42. The molecule has 138 valence electrons. The quantitative estimate of drug-likeness (QED) is 0.564. The summed E-state index contributed by atoms with van der Waals surface area (Å²) in [5.41, 5.74) is -0.117. The first-order valence-corrected chi connectivity index (χ1v) is 10.6. The lowest BCUT2D eigenvalue weighted by Crippen LogP contribution is -2.13. The first-order valence-electron chi connectivity index (χ1n) is 8.88. The van der Waals surface area contributed by atoms with Crippen molar-refractivity contribution in [1.82, 2.24) is 24.9 Å². The predicted molar refractivity (Wildman–Crippen MR) is 103 cm³/mol. The summed E-state index contributed by atoms with van der Waals surface area (Å²) in [4.78, 5) is 5.90. The average Bonchev–Trinajstić information content (AvgIpc) is 3.03. The number of nitrogens with zero attached hydrogens (tertiary/aromatic N) is 5. The van der Waals surface area contributed by atoms with Crippen molar-refractivity contribution in [2.24, 2.45) is 0 Å². The zero-order chi connectivity index (χ0) is 18.3. The second kappa shape index (κ2) is 6.81. The molecule has 26 heavy (non-hydrogen) atoms. The van der Waals surface area contributed by atoms with Crippen molar-refractivity contribution in [3.63, 3.8) is 0 Å². The molecule has 4 rings (SSSR count). The fourth-order valence-corrected chi connectivity index (χ4v) is 4.36. The van der Waals surface area contributed by atoms with E-state index in [1.165, 1.54) is 17.7 Å². The van der Waals surface area contributed by atoms with Gasteiger partial charge < -0.3 is 9.09 Å². The van der Waals surface area contributed by atoms with Gasteiger partial charge in [0, 0.05) is 22.8 Å². The van der Waals surface area contributed by atoms with Crippen LogP contribution in [0.3, 0.4) is 0 Å². The third-order valence-corrected chi connectivity index (χ3v) is 6.22. The van der Waals surface area contributed by atoms with E-state index >= 15 is 0 Å². The molecule has 1 atom stereocenters. The van der Waals surface area contributed by atoms with Crippen LogP contribution < -0.4 is 0 Å². The van der Waals surface area contributed by atoms with E-state index in [1.54, 1.807) is 23.1 Å². The third-order valence-electron chi connectivity index (χ3n) is 4.30. The number of thioether (sulfide) groups is 1. The number of rotatable bonds is 6. The minimum Gasteiger partial charge on any atom is -0.338 e. The molecule has 0 aromatic carbocycles. The molecule has 3 heterocycles. The second-order valence-electron chi connectivity index (χ2n) is 7.72. The lowest BCUT2D eigenvalue weighted by Gasteiger charge is -2.11. The Balaban J connectivity index is 1.54. The monoisotopic (exact) mass is 389 g/mol. The van der Waals surface area contributed by atoms with Crippen molar-refractivity contribution in [2.75, 3.05) is 0 Å². The van der Waals surface area contributed by atoms with Gasteiger partial charge in [0.15, 0.2) is 11.0 Å². The van der Waals surface area contributed by atoms with Gasteiger partial charge in [0.25, 0.3) is 0 Å². The summed E-state index contributed by atoms with van der Waals surface area (Å²) in [7, 11) is 0. The van der Waals surface area contributed by atoms with Crippen molar-refractivity contribution in [3.8, 4) is 0 Å². The summed E-state index contributed by atoms with van der Waals surface area (Å²) in [5, 5.41) is 16.2. The van der Waals surface area contributed by atoms with Crippen LogP contribution in [0.4, 0.5) is 0 Å². The summed E-state index contributed by atoms with van der Waals surface area (Å²) in [6.45, 7) is 8.33. The standard InChI is InChI=1S/C18H23N5OS2/c1-11(15-19-16(22-24-15)18(2,3)4)26-17-21-20-14(23(17)12-7-8-12)10-13-6-5-9-25-13/h5-6,9,11-12H,7-8,10H2,1-4H3. The first-order chi connectivity index (χ1) is 12.4. The van der Waals surface area contributed by atoms with Crippen molar-refractivity contribution >= 4 is 23.1 Å². The Morgan fingerprint density at radius 1 is 1.35 bits per heavy atom. The number of thiophene rings is 1. The molecule has 3 aromatic rings. The topological polar surface area (TPSA) is 69.6 Å². The normalized spacial score (nSPS) is 16.2. The molecular formula is C18H23N5OS2. The maximum Gasteiger partial charge on any atom is 0.239 e.